The number of benzene rings is 2. The van der Waals surface area contributed by atoms with Gasteiger partial charge < -0.3 is 10.1 Å². The van der Waals surface area contributed by atoms with Gasteiger partial charge in [0, 0.05) is 29.0 Å². The molecule has 1 aliphatic rings. The van der Waals surface area contributed by atoms with Crippen molar-refractivity contribution in [1.29, 1.82) is 0 Å². The van der Waals surface area contributed by atoms with Crippen LogP contribution in [0, 0.1) is 5.92 Å². The van der Waals surface area contributed by atoms with Crippen molar-refractivity contribution in [3.8, 4) is 11.1 Å². The molecule has 0 atom stereocenters. The number of methoxy groups -OCH3 is 1. The van der Waals surface area contributed by atoms with Gasteiger partial charge in [-0.15, -0.1) is 11.3 Å². The summed E-state index contributed by atoms with van der Waals surface area (Å²) in [6.07, 6.45) is 10.7. The van der Waals surface area contributed by atoms with Gasteiger partial charge in [0.1, 0.15) is 5.69 Å². The summed E-state index contributed by atoms with van der Waals surface area (Å²) in [6, 6.07) is 16.4. The number of aryl methyl sites for hydroxylation is 1. The lowest BCUT2D eigenvalue weighted by Gasteiger charge is -2.27. The minimum atomic E-state index is -0.152. The lowest BCUT2D eigenvalue weighted by atomic mass is 9.80. The molecule has 1 N–H and O–H groups in total. The Morgan fingerprint density at radius 1 is 1.00 bits per heavy atom. The molecule has 3 aromatic rings. The minimum Gasteiger partial charge on any atom is -0.469 e. The molecule has 37 heavy (non-hydrogen) atoms. The van der Waals surface area contributed by atoms with Gasteiger partial charge in [-0.2, -0.15) is 0 Å². The molecular formula is C31H38N2O3S. The molecule has 1 fully saturated rings. The van der Waals surface area contributed by atoms with Crippen LogP contribution in [0.3, 0.4) is 0 Å². The average molecular weight is 519 g/mol. The molecule has 196 valence electrons. The SMILES string of the molecule is CCc1ccc(-c2ccccc2NC(=O)c2csc(C3CCC(CCCCCC(=O)OC)CC3)n2)cc1. The van der Waals surface area contributed by atoms with E-state index in [1.54, 1.807) is 11.3 Å². The zero-order valence-corrected chi connectivity index (χ0v) is 22.8. The molecular weight excluding hydrogens is 480 g/mol. The van der Waals surface area contributed by atoms with Gasteiger partial charge in [0.05, 0.1) is 12.1 Å². The average Bonchev–Trinajstić information content (AvgIpc) is 3.44. The summed E-state index contributed by atoms with van der Waals surface area (Å²) in [6.45, 7) is 2.15. The lowest BCUT2D eigenvalue weighted by molar-refractivity contribution is -0.140. The number of hydrogen-bond donors (Lipinski definition) is 1. The van der Waals surface area contributed by atoms with Crippen LogP contribution in [0.4, 0.5) is 5.69 Å². The maximum atomic E-state index is 13.1. The molecule has 0 saturated heterocycles. The number of aromatic nitrogens is 1. The molecule has 1 heterocycles. The van der Waals surface area contributed by atoms with Crippen molar-refractivity contribution < 1.29 is 14.3 Å². The maximum Gasteiger partial charge on any atom is 0.305 e. The van der Waals surface area contributed by atoms with E-state index in [0.29, 0.717) is 18.0 Å². The predicted molar refractivity (Wildman–Crippen MR) is 151 cm³/mol. The van der Waals surface area contributed by atoms with Gasteiger partial charge in [-0.3, -0.25) is 9.59 Å². The van der Waals surface area contributed by atoms with Crippen LogP contribution in [0.25, 0.3) is 11.1 Å². The summed E-state index contributed by atoms with van der Waals surface area (Å²) < 4.78 is 4.71. The third-order valence-corrected chi connectivity index (χ3v) is 8.53. The lowest BCUT2D eigenvalue weighted by Crippen LogP contribution is -2.15. The first-order valence-corrected chi connectivity index (χ1v) is 14.5. The van der Waals surface area contributed by atoms with Crippen LogP contribution in [0.2, 0.25) is 0 Å². The van der Waals surface area contributed by atoms with E-state index in [2.05, 4.69) is 36.5 Å². The molecule has 6 heteroatoms. The Morgan fingerprint density at radius 2 is 1.76 bits per heavy atom. The molecule has 0 spiro atoms. The highest BCUT2D eigenvalue weighted by Crippen LogP contribution is 2.39. The van der Waals surface area contributed by atoms with Crippen LogP contribution in [0.15, 0.2) is 53.9 Å². The number of esters is 1. The van der Waals surface area contributed by atoms with Gasteiger partial charge in [-0.05, 0) is 61.6 Å². The van der Waals surface area contributed by atoms with Gasteiger partial charge >= 0.3 is 5.97 Å². The van der Waals surface area contributed by atoms with E-state index in [1.165, 1.54) is 38.4 Å². The standard InChI is InChI=1S/C31H38N2O3S/c1-3-22-13-17-24(18-14-22)26-10-7-8-11-27(26)32-30(35)28-21-37-31(33-28)25-19-15-23(16-20-25)9-5-4-6-12-29(34)36-2/h7-8,10-11,13-14,17-18,21,23,25H,3-6,9,12,15-16,19-20H2,1-2H3,(H,32,35). The number of hydrogen-bond acceptors (Lipinski definition) is 5. The number of unbranched alkanes of at least 4 members (excludes halogenated alkanes) is 2. The second-order valence-corrected chi connectivity index (χ2v) is 10.9. The summed E-state index contributed by atoms with van der Waals surface area (Å²) in [5.74, 6) is 0.954. The fourth-order valence-corrected chi connectivity index (χ4v) is 6.18. The fourth-order valence-electron chi connectivity index (χ4n) is 5.21. The van der Waals surface area contributed by atoms with Crippen molar-refractivity contribution in [1.82, 2.24) is 4.98 Å². The zero-order chi connectivity index (χ0) is 26.0. The van der Waals surface area contributed by atoms with Gasteiger partial charge in [0.2, 0.25) is 0 Å². The van der Waals surface area contributed by atoms with E-state index in [4.69, 9.17) is 9.72 Å². The molecule has 5 nitrogen and oxygen atoms in total. The van der Waals surface area contributed by atoms with Crippen LogP contribution >= 0.6 is 11.3 Å². The van der Waals surface area contributed by atoms with E-state index < -0.39 is 0 Å². The van der Waals surface area contributed by atoms with Crippen LogP contribution in [-0.2, 0) is 16.0 Å². The van der Waals surface area contributed by atoms with Crippen molar-refractivity contribution in [2.24, 2.45) is 5.92 Å². The number of carbonyl (C=O) groups is 2. The van der Waals surface area contributed by atoms with Crippen LogP contribution < -0.4 is 5.32 Å². The Balaban J connectivity index is 1.28. The Kier molecular flexibility index (Phi) is 9.89. The summed E-state index contributed by atoms with van der Waals surface area (Å²) in [5, 5.41) is 6.09. The Morgan fingerprint density at radius 3 is 2.49 bits per heavy atom. The number of ether oxygens (including phenoxy) is 1. The first-order valence-electron chi connectivity index (χ1n) is 13.6. The second-order valence-electron chi connectivity index (χ2n) is 10.0. The van der Waals surface area contributed by atoms with Crippen molar-refractivity contribution >= 4 is 28.9 Å². The summed E-state index contributed by atoms with van der Waals surface area (Å²) in [5.41, 5.74) is 4.71. The van der Waals surface area contributed by atoms with Crippen molar-refractivity contribution in [3.63, 3.8) is 0 Å². The summed E-state index contributed by atoms with van der Waals surface area (Å²) >= 11 is 1.61. The Hall–Kier alpha value is -2.99. The predicted octanol–water partition coefficient (Wildman–Crippen LogP) is 8.02. The quantitative estimate of drug-likeness (QED) is 0.206. The van der Waals surface area contributed by atoms with E-state index in [-0.39, 0.29) is 11.9 Å². The van der Waals surface area contributed by atoms with Crippen LogP contribution in [-0.4, -0.2) is 24.0 Å². The molecule has 0 radical (unpaired) electrons. The molecule has 1 aromatic heterocycles. The van der Waals surface area contributed by atoms with Crippen LogP contribution in [0.1, 0.15) is 91.7 Å². The number of carbonyl (C=O) groups excluding carboxylic acids is 2. The first-order chi connectivity index (χ1) is 18.1. The molecule has 4 rings (SSSR count). The van der Waals surface area contributed by atoms with E-state index >= 15 is 0 Å². The molecule has 1 aliphatic carbocycles. The zero-order valence-electron chi connectivity index (χ0n) is 22.0. The molecule has 1 amide bonds. The highest BCUT2D eigenvalue weighted by atomic mass is 32.1. The highest BCUT2D eigenvalue weighted by Gasteiger charge is 2.25. The normalized spacial score (nSPS) is 17.4. The first kappa shape index (κ1) is 27.1. The summed E-state index contributed by atoms with van der Waals surface area (Å²) in [7, 11) is 1.45. The molecule has 1 saturated carbocycles. The minimum absolute atomic E-state index is 0.108. The Labute approximate surface area is 224 Å². The second kappa shape index (κ2) is 13.5. The van der Waals surface area contributed by atoms with Crippen molar-refractivity contribution in [2.75, 3.05) is 12.4 Å². The summed E-state index contributed by atoms with van der Waals surface area (Å²) in [4.78, 5) is 29.1. The number of anilines is 1. The molecule has 0 bridgehead atoms. The Bertz CT molecular complexity index is 1160. The highest BCUT2D eigenvalue weighted by molar-refractivity contribution is 7.10. The van der Waals surface area contributed by atoms with Crippen molar-refractivity contribution in [3.05, 3.63) is 70.2 Å². The number of rotatable bonds is 11. The van der Waals surface area contributed by atoms with Gasteiger partial charge in [0.25, 0.3) is 5.91 Å². The van der Waals surface area contributed by atoms with Gasteiger partial charge in [-0.25, -0.2) is 4.98 Å². The molecule has 2 aromatic carbocycles. The van der Waals surface area contributed by atoms with Crippen molar-refractivity contribution in [2.45, 2.75) is 77.0 Å². The number of nitrogens with zero attached hydrogens (tertiary/aromatic N) is 1. The number of para-hydroxylation sites is 1. The van der Waals surface area contributed by atoms with Gasteiger partial charge in [-0.1, -0.05) is 68.7 Å². The third kappa shape index (κ3) is 7.51. The topological polar surface area (TPSA) is 68.3 Å². The van der Waals surface area contributed by atoms with Crippen LogP contribution in [0.5, 0.6) is 0 Å². The maximum absolute atomic E-state index is 13.1. The van der Waals surface area contributed by atoms with E-state index in [0.717, 1.165) is 59.8 Å². The molecule has 0 unspecified atom stereocenters. The van der Waals surface area contributed by atoms with E-state index in [1.807, 2.05) is 29.6 Å². The smallest absolute Gasteiger partial charge is 0.305 e. The number of nitrogens with one attached hydrogen (secondary N) is 1. The molecule has 0 aliphatic heterocycles. The third-order valence-electron chi connectivity index (χ3n) is 7.52. The monoisotopic (exact) mass is 518 g/mol. The van der Waals surface area contributed by atoms with E-state index in [9.17, 15) is 9.59 Å². The largest absolute Gasteiger partial charge is 0.469 e. The van der Waals surface area contributed by atoms with Gasteiger partial charge in [0.15, 0.2) is 0 Å². The number of thiazole rings is 1. The fraction of sp³-hybridized carbons (Fsp3) is 0.452. The number of amides is 1.